The van der Waals surface area contributed by atoms with E-state index >= 15 is 0 Å². The highest BCUT2D eigenvalue weighted by atomic mass is 19.1. The maximum atomic E-state index is 13.2. The first-order valence-corrected chi connectivity index (χ1v) is 9.71. The molecule has 0 unspecified atom stereocenters. The number of carbonyl (C=O) groups is 1. The molecule has 2 N–H and O–H groups in total. The molecule has 1 amide bonds. The van der Waals surface area contributed by atoms with Crippen LogP contribution in [0.3, 0.4) is 0 Å². The van der Waals surface area contributed by atoms with Gasteiger partial charge in [0.15, 0.2) is 0 Å². The topological polar surface area (TPSA) is 67.0 Å². The summed E-state index contributed by atoms with van der Waals surface area (Å²) >= 11 is 0. The van der Waals surface area contributed by atoms with Crippen LogP contribution < -0.4 is 10.1 Å². The monoisotopic (exact) mass is 403 g/mol. The molecule has 4 aromatic rings. The number of amides is 1. The molecule has 30 heavy (non-hydrogen) atoms. The Hall–Kier alpha value is -3.67. The average Bonchev–Trinajstić information content (AvgIpc) is 3.19. The first kappa shape index (κ1) is 19.6. The van der Waals surface area contributed by atoms with Crippen LogP contribution in [0.2, 0.25) is 0 Å². The first-order chi connectivity index (χ1) is 14.5. The van der Waals surface area contributed by atoms with Crippen molar-refractivity contribution in [3.05, 3.63) is 83.4 Å². The SMILES string of the molecule is COc1ccc2[nH]c(C(=O)NCCc3ccc(C)c(-c4ccc(F)cc4)n3)cc2c1. The van der Waals surface area contributed by atoms with Crippen LogP contribution in [0.1, 0.15) is 21.7 Å². The van der Waals surface area contributed by atoms with Crippen LogP contribution in [-0.4, -0.2) is 29.5 Å². The summed E-state index contributed by atoms with van der Waals surface area (Å²) in [6.07, 6.45) is 0.592. The van der Waals surface area contributed by atoms with Crippen molar-refractivity contribution in [1.82, 2.24) is 15.3 Å². The number of nitrogens with one attached hydrogen (secondary N) is 2. The van der Waals surface area contributed by atoms with Gasteiger partial charge in [-0.25, -0.2) is 4.39 Å². The summed E-state index contributed by atoms with van der Waals surface area (Å²) < 4.78 is 18.4. The zero-order chi connectivity index (χ0) is 21.1. The highest BCUT2D eigenvalue weighted by Crippen LogP contribution is 2.23. The van der Waals surface area contributed by atoms with E-state index in [1.807, 2.05) is 43.3 Å². The van der Waals surface area contributed by atoms with Crippen LogP contribution in [-0.2, 0) is 6.42 Å². The summed E-state index contributed by atoms with van der Waals surface area (Å²) in [7, 11) is 1.61. The Kier molecular flexibility index (Phi) is 5.48. The van der Waals surface area contributed by atoms with Crippen molar-refractivity contribution in [2.24, 2.45) is 0 Å². The number of halogens is 1. The molecule has 4 rings (SSSR count). The second-order valence-corrected chi connectivity index (χ2v) is 7.12. The summed E-state index contributed by atoms with van der Waals surface area (Å²) in [6.45, 7) is 2.43. The number of H-pyrrole nitrogens is 1. The number of nitrogens with zero attached hydrogens (tertiary/aromatic N) is 1. The van der Waals surface area contributed by atoms with Gasteiger partial charge < -0.3 is 15.0 Å². The maximum Gasteiger partial charge on any atom is 0.267 e. The lowest BCUT2D eigenvalue weighted by atomic mass is 10.1. The van der Waals surface area contributed by atoms with E-state index in [0.29, 0.717) is 18.7 Å². The molecule has 0 radical (unpaired) electrons. The standard InChI is InChI=1S/C24H22FN3O2/c1-15-3-8-19(27-23(15)16-4-6-18(25)7-5-16)11-12-26-24(29)22-14-17-13-20(30-2)9-10-21(17)28-22/h3-10,13-14,28H,11-12H2,1-2H3,(H,26,29). The van der Waals surface area contributed by atoms with Crippen molar-refractivity contribution in [2.45, 2.75) is 13.3 Å². The molecule has 0 fully saturated rings. The van der Waals surface area contributed by atoms with Gasteiger partial charge in [0.05, 0.1) is 12.8 Å². The van der Waals surface area contributed by atoms with Crippen molar-refractivity contribution in [2.75, 3.05) is 13.7 Å². The Balaban J connectivity index is 1.42. The fourth-order valence-corrected chi connectivity index (χ4v) is 3.37. The average molecular weight is 403 g/mol. The van der Waals surface area contributed by atoms with Crippen LogP contribution in [0.15, 0.2) is 60.7 Å². The normalized spacial score (nSPS) is 10.9. The predicted octanol–water partition coefficient (Wildman–Crippen LogP) is 4.66. The van der Waals surface area contributed by atoms with Crippen LogP contribution in [0, 0.1) is 12.7 Å². The largest absolute Gasteiger partial charge is 0.497 e. The lowest BCUT2D eigenvalue weighted by Crippen LogP contribution is -2.26. The Bertz CT molecular complexity index is 1200. The summed E-state index contributed by atoms with van der Waals surface area (Å²) in [5, 5.41) is 3.85. The van der Waals surface area contributed by atoms with Gasteiger partial charge in [0.1, 0.15) is 17.3 Å². The van der Waals surface area contributed by atoms with E-state index in [0.717, 1.165) is 39.2 Å². The molecular formula is C24H22FN3O2. The van der Waals surface area contributed by atoms with Gasteiger partial charge in [-0.05, 0) is 67.1 Å². The smallest absolute Gasteiger partial charge is 0.267 e. The van der Waals surface area contributed by atoms with Gasteiger partial charge in [-0.3, -0.25) is 9.78 Å². The van der Waals surface area contributed by atoms with Gasteiger partial charge in [-0.2, -0.15) is 0 Å². The van der Waals surface area contributed by atoms with Gasteiger partial charge >= 0.3 is 0 Å². The zero-order valence-electron chi connectivity index (χ0n) is 16.8. The number of benzene rings is 2. The molecule has 2 aromatic heterocycles. The van der Waals surface area contributed by atoms with Gasteiger partial charge in [-0.15, -0.1) is 0 Å². The molecule has 152 valence electrons. The number of methoxy groups -OCH3 is 1. The third-order valence-electron chi connectivity index (χ3n) is 5.01. The molecule has 0 atom stereocenters. The Morgan fingerprint density at radius 2 is 1.90 bits per heavy atom. The molecule has 2 aromatic carbocycles. The zero-order valence-corrected chi connectivity index (χ0v) is 16.8. The molecule has 0 bridgehead atoms. The fraction of sp³-hybridized carbons (Fsp3) is 0.167. The van der Waals surface area contributed by atoms with Gasteiger partial charge in [-0.1, -0.05) is 6.07 Å². The van der Waals surface area contributed by atoms with E-state index < -0.39 is 0 Å². The van der Waals surface area contributed by atoms with Crippen molar-refractivity contribution in [3.8, 4) is 17.0 Å². The molecule has 2 heterocycles. The minimum Gasteiger partial charge on any atom is -0.497 e. The number of hydrogen-bond acceptors (Lipinski definition) is 3. The maximum absolute atomic E-state index is 13.2. The molecule has 0 aliphatic rings. The van der Waals surface area contributed by atoms with E-state index in [4.69, 9.17) is 9.72 Å². The number of carbonyl (C=O) groups excluding carboxylic acids is 1. The van der Waals surface area contributed by atoms with Crippen molar-refractivity contribution in [3.63, 3.8) is 0 Å². The summed E-state index contributed by atoms with van der Waals surface area (Å²) in [5.41, 5.74) is 4.95. The van der Waals surface area contributed by atoms with E-state index in [-0.39, 0.29) is 11.7 Å². The second kappa shape index (κ2) is 8.37. The van der Waals surface area contributed by atoms with Gasteiger partial charge in [0, 0.05) is 35.1 Å². The summed E-state index contributed by atoms with van der Waals surface area (Å²) in [6, 6.07) is 17.7. The van der Waals surface area contributed by atoms with Crippen LogP contribution in [0.5, 0.6) is 5.75 Å². The third kappa shape index (κ3) is 4.17. The molecule has 0 saturated carbocycles. The first-order valence-electron chi connectivity index (χ1n) is 9.71. The van der Waals surface area contributed by atoms with E-state index in [2.05, 4.69) is 10.3 Å². The number of hydrogen-bond donors (Lipinski definition) is 2. The quantitative estimate of drug-likeness (QED) is 0.492. The Morgan fingerprint density at radius 3 is 2.67 bits per heavy atom. The molecule has 0 aliphatic carbocycles. The van der Waals surface area contributed by atoms with Crippen molar-refractivity contribution < 1.29 is 13.9 Å². The molecule has 0 saturated heterocycles. The molecule has 0 aliphatic heterocycles. The third-order valence-corrected chi connectivity index (χ3v) is 5.01. The highest BCUT2D eigenvalue weighted by Gasteiger charge is 2.11. The fourth-order valence-electron chi connectivity index (χ4n) is 3.37. The summed E-state index contributed by atoms with van der Waals surface area (Å²) in [5.74, 6) is 0.303. The van der Waals surface area contributed by atoms with Crippen LogP contribution in [0.4, 0.5) is 4.39 Å². The lowest BCUT2D eigenvalue weighted by Gasteiger charge is -2.09. The lowest BCUT2D eigenvalue weighted by molar-refractivity contribution is 0.0950. The van der Waals surface area contributed by atoms with Gasteiger partial charge in [0.2, 0.25) is 0 Å². The molecule has 0 spiro atoms. The number of pyridine rings is 1. The van der Waals surface area contributed by atoms with E-state index in [9.17, 15) is 9.18 Å². The number of ether oxygens (including phenoxy) is 1. The molecule has 5 nitrogen and oxygen atoms in total. The number of rotatable bonds is 6. The minimum absolute atomic E-state index is 0.170. The van der Waals surface area contributed by atoms with Gasteiger partial charge in [0.25, 0.3) is 5.91 Å². The number of aromatic amines is 1. The van der Waals surface area contributed by atoms with Crippen LogP contribution in [0.25, 0.3) is 22.2 Å². The van der Waals surface area contributed by atoms with Crippen molar-refractivity contribution >= 4 is 16.8 Å². The molecular weight excluding hydrogens is 381 g/mol. The van der Waals surface area contributed by atoms with E-state index in [1.165, 1.54) is 12.1 Å². The van der Waals surface area contributed by atoms with E-state index in [1.54, 1.807) is 19.2 Å². The predicted molar refractivity (Wildman–Crippen MR) is 115 cm³/mol. The Morgan fingerprint density at radius 1 is 1.10 bits per heavy atom. The number of aryl methyl sites for hydroxylation is 1. The number of aromatic nitrogens is 2. The highest BCUT2D eigenvalue weighted by molar-refractivity contribution is 5.98. The second-order valence-electron chi connectivity index (χ2n) is 7.12. The molecule has 6 heteroatoms. The van der Waals surface area contributed by atoms with Crippen LogP contribution >= 0.6 is 0 Å². The van der Waals surface area contributed by atoms with Crippen molar-refractivity contribution in [1.29, 1.82) is 0 Å². The Labute approximate surface area is 173 Å². The minimum atomic E-state index is -0.273. The number of fused-ring (bicyclic) bond motifs is 1. The summed E-state index contributed by atoms with van der Waals surface area (Å²) in [4.78, 5) is 20.3.